The summed E-state index contributed by atoms with van der Waals surface area (Å²) in [6.45, 7) is 3.88. The molecule has 0 fully saturated rings. The van der Waals surface area contributed by atoms with Crippen molar-refractivity contribution < 1.29 is 19.1 Å². The molecule has 2 rings (SSSR count). The molecule has 7 nitrogen and oxygen atoms in total. The molecule has 0 heterocycles. The molecule has 2 N–H and O–H groups in total. The molecule has 0 unspecified atom stereocenters. The van der Waals surface area contributed by atoms with Gasteiger partial charge in [0.1, 0.15) is 0 Å². The van der Waals surface area contributed by atoms with E-state index in [2.05, 4.69) is 38.4 Å². The molecule has 0 aromatic heterocycles. The Kier molecular flexibility index (Phi) is 9.38. The number of hydrazone groups is 1. The van der Waals surface area contributed by atoms with Crippen molar-refractivity contribution >= 4 is 57.9 Å². The number of carbonyl (C=O) groups is 2. The van der Waals surface area contributed by atoms with Crippen LogP contribution in [0.3, 0.4) is 0 Å². The molecule has 2 aromatic rings. The van der Waals surface area contributed by atoms with E-state index in [1.165, 1.54) is 6.21 Å². The number of nitrogens with zero attached hydrogens (tertiary/aromatic N) is 1. The van der Waals surface area contributed by atoms with Gasteiger partial charge in [-0.2, -0.15) is 5.10 Å². The zero-order chi connectivity index (χ0) is 22.1. The van der Waals surface area contributed by atoms with E-state index in [4.69, 9.17) is 21.1 Å². The maximum atomic E-state index is 11.9. The number of rotatable bonds is 9. The number of carbonyl (C=O) groups excluding carboxylic acids is 2. The smallest absolute Gasteiger partial charge is 0.240 e. The summed E-state index contributed by atoms with van der Waals surface area (Å²) in [6, 6.07) is 10.4. The second-order valence-electron chi connectivity index (χ2n) is 6.55. The van der Waals surface area contributed by atoms with Crippen molar-refractivity contribution in [2.75, 3.05) is 12.4 Å². The number of amides is 2. The van der Waals surface area contributed by atoms with E-state index in [1.54, 1.807) is 37.4 Å². The molecule has 0 saturated carbocycles. The van der Waals surface area contributed by atoms with Gasteiger partial charge >= 0.3 is 0 Å². The van der Waals surface area contributed by atoms with Gasteiger partial charge in [-0.25, -0.2) is 5.43 Å². The van der Waals surface area contributed by atoms with Gasteiger partial charge in [-0.1, -0.05) is 17.7 Å². The first kappa shape index (κ1) is 23.9. The molecule has 160 valence electrons. The molecule has 0 radical (unpaired) electrons. The third-order valence-electron chi connectivity index (χ3n) is 3.70. The number of hydrogen-bond acceptors (Lipinski definition) is 5. The van der Waals surface area contributed by atoms with Crippen molar-refractivity contribution in [2.24, 2.45) is 5.10 Å². The van der Waals surface area contributed by atoms with E-state index in [0.29, 0.717) is 22.2 Å². The van der Waals surface area contributed by atoms with E-state index in [9.17, 15) is 9.59 Å². The van der Waals surface area contributed by atoms with Crippen molar-refractivity contribution in [3.05, 3.63) is 50.6 Å². The highest BCUT2D eigenvalue weighted by Gasteiger charge is 2.12. The van der Waals surface area contributed by atoms with Crippen LogP contribution in [0.25, 0.3) is 0 Å². The van der Waals surface area contributed by atoms with Gasteiger partial charge in [-0.15, -0.1) is 0 Å². The summed E-state index contributed by atoms with van der Waals surface area (Å²) in [4.78, 5) is 23.9. The van der Waals surface area contributed by atoms with Crippen molar-refractivity contribution in [3.8, 4) is 11.5 Å². The Hall–Kier alpha value is -2.33. The molecule has 0 spiro atoms. The molecule has 2 aromatic carbocycles. The molecular weight excluding hydrogens is 521 g/mol. The zero-order valence-corrected chi connectivity index (χ0v) is 19.8. The van der Waals surface area contributed by atoms with Crippen LogP contribution in [0.2, 0.25) is 5.02 Å². The van der Waals surface area contributed by atoms with E-state index < -0.39 is 0 Å². The highest BCUT2D eigenvalue weighted by molar-refractivity contribution is 14.1. The van der Waals surface area contributed by atoms with E-state index >= 15 is 0 Å². The van der Waals surface area contributed by atoms with E-state index in [0.717, 1.165) is 9.13 Å². The van der Waals surface area contributed by atoms with Crippen LogP contribution in [0, 0.1) is 3.57 Å². The molecule has 30 heavy (non-hydrogen) atoms. The third-order valence-corrected chi connectivity index (χ3v) is 4.73. The molecule has 0 saturated heterocycles. The maximum absolute atomic E-state index is 11.9. The number of halogens is 2. The number of ether oxygens (including phenoxy) is 2. The summed E-state index contributed by atoms with van der Waals surface area (Å²) in [5.74, 6) is 0.603. The second kappa shape index (κ2) is 11.8. The van der Waals surface area contributed by atoms with Gasteiger partial charge in [-0.3, -0.25) is 9.59 Å². The first-order chi connectivity index (χ1) is 14.3. The predicted octanol–water partition coefficient (Wildman–Crippen LogP) is 4.61. The van der Waals surface area contributed by atoms with Crippen molar-refractivity contribution in [3.63, 3.8) is 0 Å². The summed E-state index contributed by atoms with van der Waals surface area (Å²) in [7, 11) is 1.57. The van der Waals surface area contributed by atoms with Crippen LogP contribution in [0.15, 0.2) is 41.5 Å². The van der Waals surface area contributed by atoms with Crippen LogP contribution in [0.1, 0.15) is 32.3 Å². The monoisotopic (exact) mass is 543 g/mol. The van der Waals surface area contributed by atoms with Crippen LogP contribution in [-0.2, 0) is 9.59 Å². The Labute approximate surface area is 194 Å². The lowest BCUT2D eigenvalue weighted by Gasteiger charge is -2.15. The number of nitrogens with one attached hydrogen (secondary N) is 2. The van der Waals surface area contributed by atoms with Gasteiger partial charge in [-0.05, 0) is 72.3 Å². The summed E-state index contributed by atoms with van der Waals surface area (Å²) in [6.07, 6.45) is 1.56. The van der Waals surface area contributed by atoms with Crippen LogP contribution < -0.4 is 20.2 Å². The standard InChI is InChI=1S/C21H23ClIN3O4/c1-13(2)30-21-17(23)9-14(10-18(21)29-3)12-24-26-20(28)8-7-19(27)25-16-6-4-5-15(22)11-16/h4-6,9-13H,7-8H2,1-3H3,(H,25,27)(H,26,28). The Balaban J connectivity index is 1.86. The number of anilines is 1. The lowest BCUT2D eigenvalue weighted by atomic mass is 10.2. The Bertz CT molecular complexity index is 934. The molecule has 0 bridgehead atoms. The summed E-state index contributed by atoms with van der Waals surface area (Å²) >= 11 is 8.03. The van der Waals surface area contributed by atoms with Gasteiger partial charge in [0, 0.05) is 23.6 Å². The largest absolute Gasteiger partial charge is 0.493 e. The molecule has 0 aliphatic heterocycles. The zero-order valence-electron chi connectivity index (χ0n) is 16.9. The van der Waals surface area contributed by atoms with Crippen molar-refractivity contribution in [2.45, 2.75) is 32.8 Å². The van der Waals surface area contributed by atoms with Crippen LogP contribution in [0.4, 0.5) is 5.69 Å². The fourth-order valence-corrected chi connectivity index (χ4v) is 3.36. The highest BCUT2D eigenvalue weighted by atomic mass is 127. The first-order valence-corrected chi connectivity index (χ1v) is 10.7. The normalized spacial score (nSPS) is 10.9. The molecular formula is C21H23ClIN3O4. The fourth-order valence-electron chi connectivity index (χ4n) is 2.42. The maximum Gasteiger partial charge on any atom is 0.240 e. The van der Waals surface area contributed by atoms with Gasteiger partial charge < -0.3 is 14.8 Å². The summed E-state index contributed by atoms with van der Waals surface area (Å²) in [5, 5.41) is 7.16. The van der Waals surface area contributed by atoms with E-state index in [-0.39, 0.29) is 30.8 Å². The first-order valence-electron chi connectivity index (χ1n) is 9.20. The summed E-state index contributed by atoms with van der Waals surface area (Å²) in [5.41, 5.74) is 3.74. The quantitative estimate of drug-likeness (QED) is 0.275. The van der Waals surface area contributed by atoms with Gasteiger partial charge in [0.25, 0.3) is 0 Å². The SMILES string of the molecule is COc1cc(C=NNC(=O)CCC(=O)Nc2cccc(Cl)c2)cc(I)c1OC(C)C. The molecule has 2 amide bonds. The van der Waals surface area contributed by atoms with Gasteiger partial charge in [0.15, 0.2) is 11.5 Å². The molecule has 0 aliphatic rings. The second-order valence-corrected chi connectivity index (χ2v) is 8.15. The van der Waals surface area contributed by atoms with E-state index in [1.807, 2.05) is 19.9 Å². The number of methoxy groups -OCH3 is 1. The Morgan fingerprint density at radius 1 is 1.20 bits per heavy atom. The lowest BCUT2D eigenvalue weighted by Crippen LogP contribution is -2.20. The minimum Gasteiger partial charge on any atom is -0.493 e. The topological polar surface area (TPSA) is 89.0 Å². The van der Waals surface area contributed by atoms with Crippen LogP contribution >= 0.6 is 34.2 Å². The average molecular weight is 544 g/mol. The third kappa shape index (κ3) is 7.83. The lowest BCUT2D eigenvalue weighted by molar-refractivity contribution is -0.124. The molecule has 0 atom stereocenters. The highest BCUT2D eigenvalue weighted by Crippen LogP contribution is 2.34. The molecule has 9 heteroatoms. The summed E-state index contributed by atoms with van der Waals surface area (Å²) < 4.78 is 12.0. The van der Waals surface area contributed by atoms with Crippen molar-refractivity contribution in [1.82, 2.24) is 5.43 Å². The number of benzene rings is 2. The predicted molar refractivity (Wildman–Crippen MR) is 127 cm³/mol. The number of hydrogen-bond donors (Lipinski definition) is 2. The Morgan fingerprint density at radius 3 is 2.60 bits per heavy atom. The van der Waals surface area contributed by atoms with Gasteiger partial charge in [0.05, 0.1) is 23.0 Å². The van der Waals surface area contributed by atoms with Crippen LogP contribution in [-0.4, -0.2) is 31.2 Å². The minimum absolute atomic E-state index is 0.00572. The Morgan fingerprint density at radius 2 is 1.93 bits per heavy atom. The molecule has 0 aliphatic carbocycles. The fraction of sp³-hybridized carbons (Fsp3) is 0.286. The van der Waals surface area contributed by atoms with Crippen LogP contribution in [0.5, 0.6) is 11.5 Å². The van der Waals surface area contributed by atoms with Gasteiger partial charge in [0.2, 0.25) is 11.8 Å². The minimum atomic E-state index is -0.367. The van der Waals surface area contributed by atoms with Crippen molar-refractivity contribution in [1.29, 1.82) is 0 Å². The average Bonchev–Trinajstić information content (AvgIpc) is 2.68.